The maximum absolute atomic E-state index is 13.6. The van der Waals surface area contributed by atoms with Crippen LogP contribution in [0.4, 0.5) is 21.6 Å². The zero-order valence-electron chi connectivity index (χ0n) is 20.8. The molecule has 2 bridgehead atoms. The van der Waals surface area contributed by atoms with Gasteiger partial charge in [-0.05, 0) is 56.4 Å². The van der Waals surface area contributed by atoms with Crippen molar-refractivity contribution in [3.63, 3.8) is 0 Å². The molecule has 3 aromatic rings. The predicted molar refractivity (Wildman–Crippen MR) is 145 cm³/mol. The molecule has 0 spiro atoms. The van der Waals surface area contributed by atoms with Crippen molar-refractivity contribution >= 4 is 45.6 Å². The number of carbonyl (C=O) groups excluding carboxylic acids is 1. The molecule has 0 unspecified atom stereocenters. The fourth-order valence-electron chi connectivity index (χ4n) is 5.45. The molecule has 0 radical (unpaired) electrons. The van der Waals surface area contributed by atoms with Crippen molar-refractivity contribution < 1.29 is 18.7 Å². The molecule has 6 rings (SSSR count). The Balaban J connectivity index is 1.25. The molecule has 2 saturated heterocycles. The molecule has 1 aromatic heterocycles. The van der Waals surface area contributed by atoms with Crippen molar-refractivity contribution in [3.8, 4) is 5.75 Å². The molecule has 2 atom stereocenters. The van der Waals surface area contributed by atoms with Gasteiger partial charge in [0.05, 0.1) is 35.0 Å². The van der Waals surface area contributed by atoms with E-state index in [-0.39, 0.29) is 17.0 Å². The highest BCUT2D eigenvalue weighted by atomic mass is 35.5. The molecule has 3 aliphatic rings. The SMILES string of the molecule is O=C(/C=C/CN1C[C@@H]2C[C@H]1CO2)Nc1cc2c(Nc3ccc(F)c(Cl)c3)ncnc2cc1OC1CCCC1. The fraction of sp³-hybridized carbons (Fsp3) is 0.393. The maximum Gasteiger partial charge on any atom is 0.248 e. The Morgan fingerprint density at radius 2 is 2.11 bits per heavy atom. The molecule has 3 heterocycles. The van der Waals surface area contributed by atoms with Gasteiger partial charge in [-0.15, -0.1) is 0 Å². The summed E-state index contributed by atoms with van der Waals surface area (Å²) in [5.74, 6) is 0.344. The Kier molecular flexibility index (Phi) is 7.14. The average molecular weight is 538 g/mol. The number of hydrogen-bond donors (Lipinski definition) is 2. The van der Waals surface area contributed by atoms with E-state index in [2.05, 4.69) is 25.5 Å². The van der Waals surface area contributed by atoms with Gasteiger partial charge < -0.3 is 20.1 Å². The van der Waals surface area contributed by atoms with Crippen molar-refractivity contribution in [2.45, 2.75) is 50.4 Å². The second-order valence-corrected chi connectivity index (χ2v) is 10.5. The van der Waals surface area contributed by atoms with Crippen molar-refractivity contribution in [2.24, 2.45) is 0 Å². The summed E-state index contributed by atoms with van der Waals surface area (Å²) >= 11 is 5.96. The van der Waals surface area contributed by atoms with Gasteiger partial charge in [-0.3, -0.25) is 9.69 Å². The van der Waals surface area contributed by atoms with Crippen LogP contribution >= 0.6 is 11.6 Å². The van der Waals surface area contributed by atoms with Crippen LogP contribution in [0.5, 0.6) is 5.75 Å². The highest BCUT2D eigenvalue weighted by Crippen LogP contribution is 2.36. The summed E-state index contributed by atoms with van der Waals surface area (Å²) in [6.45, 7) is 2.39. The van der Waals surface area contributed by atoms with Crippen molar-refractivity contribution in [3.05, 3.63) is 59.7 Å². The first kappa shape index (κ1) is 25.0. The van der Waals surface area contributed by atoms with E-state index >= 15 is 0 Å². The lowest BCUT2D eigenvalue weighted by Crippen LogP contribution is -2.36. The van der Waals surface area contributed by atoms with Gasteiger partial charge in [-0.2, -0.15) is 0 Å². The lowest BCUT2D eigenvalue weighted by Gasteiger charge is -2.25. The van der Waals surface area contributed by atoms with E-state index in [0.717, 1.165) is 45.3 Å². The third-order valence-corrected chi connectivity index (χ3v) is 7.69. The lowest BCUT2D eigenvalue weighted by atomic mass is 10.1. The number of hydrogen-bond acceptors (Lipinski definition) is 7. The normalized spacial score (nSPS) is 21.5. The van der Waals surface area contributed by atoms with Crippen LogP contribution in [-0.2, 0) is 9.53 Å². The molecule has 1 aliphatic carbocycles. The summed E-state index contributed by atoms with van der Waals surface area (Å²) in [6.07, 6.45) is 10.6. The van der Waals surface area contributed by atoms with Crippen molar-refractivity contribution in [1.82, 2.24) is 14.9 Å². The van der Waals surface area contributed by atoms with Gasteiger partial charge in [0, 0.05) is 42.3 Å². The van der Waals surface area contributed by atoms with Crippen LogP contribution in [0.3, 0.4) is 0 Å². The Hall–Kier alpha value is -3.27. The number of likely N-dealkylation sites (tertiary alicyclic amines) is 1. The smallest absolute Gasteiger partial charge is 0.248 e. The second-order valence-electron chi connectivity index (χ2n) is 10.1. The van der Waals surface area contributed by atoms with Crippen LogP contribution in [-0.4, -0.2) is 58.7 Å². The second kappa shape index (κ2) is 10.8. The largest absolute Gasteiger partial charge is 0.488 e. The molecular weight excluding hydrogens is 509 g/mol. The van der Waals surface area contributed by atoms with Gasteiger partial charge in [0.25, 0.3) is 0 Å². The number of fused-ring (bicyclic) bond motifs is 3. The predicted octanol–water partition coefficient (Wildman–Crippen LogP) is 5.46. The number of amides is 1. The quantitative estimate of drug-likeness (QED) is 0.369. The molecule has 3 fully saturated rings. The van der Waals surface area contributed by atoms with E-state index in [1.165, 1.54) is 18.5 Å². The van der Waals surface area contributed by atoms with Gasteiger partial charge in [-0.25, -0.2) is 14.4 Å². The number of morpholine rings is 1. The molecule has 2 aliphatic heterocycles. The number of anilines is 3. The molecule has 2 N–H and O–H groups in total. The topological polar surface area (TPSA) is 88.6 Å². The minimum atomic E-state index is -0.498. The Morgan fingerprint density at radius 3 is 2.87 bits per heavy atom. The highest BCUT2D eigenvalue weighted by Gasteiger charge is 2.38. The first-order valence-electron chi connectivity index (χ1n) is 13.0. The van der Waals surface area contributed by atoms with Gasteiger partial charge in [-0.1, -0.05) is 17.7 Å². The van der Waals surface area contributed by atoms with Crippen LogP contribution in [0.1, 0.15) is 32.1 Å². The average Bonchev–Trinajstić information content (AvgIpc) is 3.66. The number of benzene rings is 2. The van der Waals surface area contributed by atoms with E-state index in [4.69, 9.17) is 21.1 Å². The molecule has 1 saturated carbocycles. The number of nitrogens with one attached hydrogen (secondary N) is 2. The number of carbonyl (C=O) groups is 1. The van der Waals surface area contributed by atoms with Crippen molar-refractivity contribution in [2.75, 3.05) is 30.3 Å². The number of halogens is 2. The summed E-state index contributed by atoms with van der Waals surface area (Å²) < 4.78 is 25.6. The summed E-state index contributed by atoms with van der Waals surface area (Å²) in [7, 11) is 0. The summed E-state index contributed by atoms with van der Waals surface area (Å²) in [6, 6.07) is 8.46. The van der Waals surface area contributed by atoms with Crippen LogP contribution in [0.25, 0.3) is 10.9 Å². The van der Waals surface area contributed by atoms with E-state index in [9.17, 15) is 9.18 Å². The standard InChI is InChI=1S/C28H29ClFN5O3/c29-22-10-17(7-8-23(22)30)33-28-21-12-25(26(13-24(21)31-16-32-28)38-19-4-1-2-5-19)34-27(36)6-3-9-35-14-20-11-18(35)15-37-20/h3,6-8,10,12-13,16,18-20H,1-2,4-5,9,11,14-15H2,(H,34,36)(H,31,32,33)/b6-3+/t18-,20-/m0/s1. The molecular formula is C28H29ClFN5O3. The summed E-state index contributed by atoms with van der Waals surface area (Å²) in [5.41, 5.74) is 1.78. The van der Waals surface area contributed by atoms with Crippen LogP contribution in [0.15, 0.2) is 48.8 Å². The Morgan fingerprint density at radius 1 is 1.24 bits per heavy atom. The zero-order chi connectivity index (χ0) is 26.1. The monoisotopic (exact) mass is 537 g/mol. The number of ether oxygens (including phenoxy) is 2. The minimum absolute atomic E-state index is 0.00892. The highest BCUT2D eigenvalue weighted by molar-refractivity contribution is 6.31. The fourth-order valence-corrected chi connectivity index (χ4v) is 5.63. The summed E-state index contributed by atoms with van der Waals surface area (Å²) in [5, 5.41) is 6.87. The molecule has 38 heavy (non-hydrogen) atoms. The molecule has 198 valence electrons. The van der Waals surface area contributed by atoms with E-state index in [1.807, 2.05) is 18.2 Å². The molecule has 8 nitrogen and oxygen atoms in total. The molecule has 10 heteroatoms. The molecule has 1 amide bonds. The lowest BCUT2D eigenvalue weighted by molar-refractivity contribution is -0.111. The van der Waals surface area contributed by atoms with E-state index < -0.39 is 5.82 Å². The number of aromatic nitrogens is 2. The van der Waals surface area contributed by atoms with Crippen LogP contribution in [0.2, 0.25) is 5.02 Å². The van der Waals surface area contributed by atoms with Crippen molar-refractivity contribution in [1.29, 1.82) is 0 Å². The maximum atomic E-state index is 13.6. The van der Waals surface area contributed by atoms with Gasteiger partial charge in [0.15, 0.2) is 0 Å². The summed E-state index contributed by atoms with van der Waals surface area (Å²) in [4.78, 5) is 24.1. The van der Waals surface area contributed by atoms with Crippen LogP contribution < -0.4 is 15.4 Å². The minimum Gasteiger partial charge on any atom is -0.488 e. The Bertz CT molecular complexity index is 1380. The Labute approximate surface area is 225 Å². The van der Waals surface area contributed by atoms with E-state index in [1.54, 1.807) is 12.1 Å². The zero-order valence-corrected chi connectivity index (χ0v) is 21.6. The number of rotatable bonds is 8. The molecule has 2 aromatic carbocycles. The van der Waals surface area contributed by atoms with Gasteiger partial charge in [0.2, 0.25) is 5.91 Å². The first-order valence-corrected chi connectivity index (χ1v) is 13.4. The van der Waals surface area contributed by atoms with Gasteiger partial charge >= 0.3 is 0 Å². The third-order valence-electron chi connectivity index (χ3n) is 7.40. The number of nitrogens with zero attached hydrogens (tertiary/aromatic N) is 3. The van der Waals surface area contributed by atoms with Crippen LogP contribution in [0, 0.1) is 5.82 Å². The van der Waals surface area contributed by atoms with E-state index in [0.29, 0.717) is 52.5 Å². The first-order chi connectivity index (χ1) is 18.5. The van der Waals surface area contributed by atoms with Gasteiger partial charge in [0.1, 0.15) is 23.7 Å². The third kappa shape index (κ3) is 5.45.